The standard InChI is InChI=1S/C11H17N3O3/c1-7(15)11(2,3)14-9-6-12-5-8(13-9)10(16)17-4/h5-7,15H,1-4H3,(H,13,14). The van der Waals surface area contributed by atoms with E-state index in [1.54, 1.807) is 6.92 Å². The maximum Gasteiger partial charge on any atom is 0.358 e. The molecule has 6 heteroatoms. The molecule has 1 aromatic rings. The molecule has 0 fully saturated rings. The van der Waals surface area contributed by atoms with Gasteiger partial charge in [-0.2, -0.15) is 0 Å². The maximum absolute atomic E-state index is 11.3. The Morgan fingerprint density at radius 2 is 2.18 bits per heavy atom. The zero-order valence-corrected chi connectivity index (χ0v) is 10.4. The summed E-state index contributed by atoms with van der Waals surface area (Å²) in [7, 11) is 1.28. The Morgan fingerprint density at radius 3 is 2.71 bits per heavy atom. The lowest BCUT2D eigenvalue weighted by atomic mass is 9.99. The molecule has 0 aromatic carbocycles. The highest BCUT2D eigenvalue weighted by atomic mass is 16.5. The molecular formula is C11H17N3O3. The summed E-state index contributed by atoms with van der Waals surface area (Å²) in [5, 5.41) is 12.6. The van der Waals surface area contributed by atoms with Crippen LogP contribution < -0.4 is 5.32 Å². The summed E-state index contributed by atoms with van der Waals surface area (Å²) in [6.07, 6.45) is 2.23. The van der Waals surface area contributed by atoms with Crippen molar-refractivity contribution < 1.29 is 14.6 Å². The number of aromatic nitrogens is 2. The third-order valence-corrected chi connectivity index (χ3v) is 2.52. The van der Waals surface area contributed by atoms with Gasteiger partial charge in [-0.15, -0.1) is 0 Å². The SMILES string of the molecule is COC(=O)c1cncc(NC(C)(C)C(C)O)n1. The van der Waals surface area contributed by atoms with Crippen LogP contribution in [0, 0.1) is 0 Å². The van der Waals surface area contributed by atoms with Gasteiger partial charge in [-0.1, -0.05) is 0 Å². The molecule has 17 heavy (non-hydrogen) atoms. The summed E-state index contributed by atoms with van der Waals surface area (Å²) in [4.78, 5) is 19.2. The molecule has 2 N–H and O–H groups in total. The Balaban J connectivity index is 2.90. The summed E-state index contributed by atoms with van der Waals surface area (Å²) in [6.45, 7) is 5.32. The Morgan fingerprint density at radius 1 is 1.53 bits per heavy atom. The molecule has 94 valence electrons. The van der Waals surface area contributed by atoms with Gasteiger partial charge in [0.25, 0.3) is 0 Å². The fourth-order valence-electron chi connectivity index (χ4n) is 1.06. The molecular weight excluding hydrogens is 222 g/mol. The van der Waals surface area contributed by atoms with Gasteiger partial charge in [0.15, 0.2) is 5.69 Å². The zero-order valence-electron chi connectivity index (χ0n) is 10.4. The molecule has 1 rings (SSSR count). The van der Waals surface area contributed by atoms with Crippen molar-refractivity contribution in [1.82, 2.24) is 9.97 Å². The van der Waals surface area contributed by atoms with Gasteiger partial charge in [-0.3, -0.25) is 4.98 Å². The first-order valence-corrected chi connectivity index (χ1v) is 5.23. The van der Waals surface area contributed by atoms with E-state index in [9.17, 15) is 9.90 Å². The molecule has 1 atom stereocenters. The monoisotopic (exact) mass is 239 g/mol. The lowest BCUT2D eigenvalue weighted by Gasteiger charge is -2.29. The number of rotatable bonds is 4. The average molecular weight is 239 g/mol. The fourth-order valence-corrected chi connectivity index (χ4v) is 1.06. The maximum atomic E-state index is 11.3. The van der Waals surface area contributed by atoms with Crippen LogP contribution >= 0.6 is 0 Å². The molecule has 1 unspecified atom stereocenters. The zero-order chi connectivity index (χ0) is 13.1. The highest BCUT2D eigenvalue weighted by molar-refractivity contribution is 5.87. The van der Waals surface area contributed by atoms with Gasteiger partial charge >= 0.3 is 5.97 Å². The Hall–Kier alpha value is -1.69. The molecule has 0 aliphatic heterocycles. The van der Waals surface area contributed by atoms with Crippen molar-refractivity contribution in [3.05, 3.63) is 18.1 Å². The molecule has 6 nitrogen and oxygen atoms in total. The molecule has 0 bridgehead atoms. The summed E-state index contributed by atoms with van der Waals surface area (Å²) >= 11 is 0. The van der Waals surface area contributed by atoms with Crippen molar-refractivity contribution in [3.63, 3.8) is 0 Å². The van der Waals surface area contributed by atoms with Crippen LogP contribution in [0.15, 0.2) is 12.4 Å². The van der Waals surface area contributed by atoms with Gasteiger partial charge in [0, 0.05) is 0 Å². The molecule has 0 radical (unpaired) electrons. The Kier molecular flexibility index (Phi) is 4.01. The number of nitrogens with zero attached hydrogens (tertiary/aromatic N) is 2. The first-order valence-electron chi connectivity index (χ1n) is 5.23. The van der Waals surface area contributed by atoms with Crippen LogP contribution in [0.25, 0.3) is 0 Å². The largest absolute Gasteiger partial charge is 0.464 e. The third-order valence-electron chi connectivity index (χ3n) is 2.52. The van der Waals surface area contributed by atoms with E-state index in [1.165, 1.54) is 19.5 Å². The van der Waals surface area contributed by atoms with Crippen LogP contribution in [-0.4, -0.2) is 39.8 Å². The molecule has 0 amide bonds. The molecule has 0 saturated heterocycles. The van der Waals surface area contributed by atoms with Crippen LogP contribution in [0.5, 0.6) is 0 Å². The van der Waals surface area contributed by atoms with Gasteiger partial charge < -0.3 is 15.2 Å². The minimum absolute atomic E-state index is 0.124. The van der Waals surface area contributed by atoms with E-state index in [4.69, 9.17) is 0 Å². The third kappa shape index (κ3) is 3.39. The second-order valence-corrected chi connectivity index (χ2v) is 4.30. The molecule has 1 aromatic heterocycles. The highest BCUT2D eigenvalue weighted by Gasteiger charge is 2.24. The van der Waals surface area contributed by atoms with Gasteiger partial charge in [0.1, 0.15) is 5.82 Å². The van der Waals surface area contributed by atoms with E-state index in [1.807, 2.05) is 13.8 Å². The molecule has 0 aliphatic carbocycles. The number of carbonyl (C=O) groups excluding carboxylic acids is 1. The summed E-state index contributed by atoms with van der Waals surface area (Å²) < 4.78 is 4.55. The normalized spacial score (nSPS) is 13.0. The second kappa shape index (κ2) is 5.09. The van der Waals surface area contributed by atoms with Gasteiger partial charge in [-0.25, -0.2) is 9.78 Å². The first-order chi connectivity index (χ1) is 7.86. The molecule has 0 saturated carbocycles. The number of aliphatic hydroxyl groups excluding tert-OH is 1. The number of hydrogen-bond acceptors (Lipinski definition) is 6. The van der Waals surface area contributed by atoms with Crippen LogP contribution in [0.1, 0.15) is 31.3 Å². The van der Waals surface area contributed by atoms with E-state index in [0.29, 0.717) is 5.82 Å². The van der Waals surface area contributed by atoms with Crippen molar-refractivity contribution >= 4 is 11.8 Å². The second-order valence-electron chi connectivity index (χ2n) is 4.30. The smallest absolute Gasteiger partial charge is 0.358 e. The summed E-state index contributed by atoms with van der Waals surface area (Å²) in [6, 6.07) is 0. The van der Waals surface area contributed by atoms with E-state index in [-0.39, 0.29) is 5.69 Å². The van der Waals surface area contributed by atoms with Crippen LogP contribution in [0.3, 0.4) is 0 Å². The van der Waals surface area contributed by atoms with E-state index >= 15 is 0 Å². The number of anilines is 1. The number of carbonyl (C=O) groups is 1. The van der Waals surface area contributed by atoms with E-state index < -0.39 is 17.6 Å². The van der Waals surface area contributed by atoms with E-state index in [2.05, 4.69) is 20.0 Å². The van der Waals surface area contributed by atoms with Crippen molar-refractivity contribution in [2.24, 2.45) is 0 Å². The number of nitrogens with one attached hydrogen (secondary N) is 1. The fraction of sp³-hybridized carbons (Fsp3) is 0.545. The van der Waals surface area contributed by atoms with Gasteiger partial charge in [-0.05, 0) is 20.8 Å². The Bertz CT molecular complexity index is 405. The van der Waals surface area contributed by atoms with E-state index in [0.717, 1.165) is 0 Å². The van der Waals surface area contributed by atoms with Crippen molar-refractivity contribution in [1.29, 1.82) is 0 Å². The van der Waals surface area contributed by atoms with Crippen LogP contribution in [0.4, 0.5) is 5.82 Å². The lowest BCUT2D eigenvalue weighted by molar-refractivity contribution is 0.0593. The number of ether oxygens (including phenoxy) is 1. The molecule has 0 aliphatic rings. The van der Waals surface area contributed by atoms with Crippen molar-refractivity contribution in [3.8, 4) is 0 Å². The minimum Gasteiger partial charge on any atom is -0.464 e. The predicted octanol–water partition coefficient (Wildman–Crippen LogP) is 0.834. The minimum atomic E-state index is -0.578. The quantitative estimate of drug-likeness (QED) is 0.757. The predicted molar refractivity (Wildman–Crippen MR) is 62.8 cm³/mol. The number of esters is 1. The highest BCUT2D eigenvalue weighted by Crippen LogP contribution is 2.16. The van der Waals surface area contributed by atoms with Crippen LogP contribution in [0.2, 0.25) is 0 Å². The number of aliphatic hydroxyl groups is 1. The van der Waals surface area contributed by atoms with Crippen molar-refractivity contribution in [2.75, 3.05) is 12.4 Å². The first kappa shape index (κ1) is 13.4. The number of hydrogen-bond donors (Lipinski definition) is 2. The summed E-state index contributed by atoms with van der Waals surface area (Å²) in [5.41, 5.74) is -0.442. The van der Waals surface area contributed by atoms with Crippen molar-refractivity contribution in [2.45, 2.75) is 32.4 Å². The molecule has 0 spiro atoms. The Labute approximate surface area is 100 Å². The summed E-state index contributed by atoms with van der Waals surface area (Å²) in [5.74, 6) is -0.130. The van der Waals surface area contributed by atoms with Gasteiger partial charge in [0.05, 0.1) is 31.1 Å². The lowest BCUT2D eigenvalue weighted by Crippen LogP contribution is -2.42. The van der Waals surface area contributed by atoms with Crippen LogP contribution in [-0.2, 0) is 4.74 Å². The number of methoxy groups -OCH3 is 1. The average Bonchev–Trinajstić information content (AvgIpc) is 2.27. The molecule has 1 heterocycles. The topological polar surface area (TPSA) is 84.3 Å². The van der Waals surface area contributed by atoms with Gasteiger partial charge in [0.2, 0.25) is 0 Å².